The lowest BCUT2D eigenvalue weighted by atomic mass is 9.95. The molecule has 0 aliphatic carbocycles. The Morgan fingerprint density at radius 2 is 1.82 bits per heavy atom. The molecule has 1 saturated heterocycles. The number of pyridine rings is 1. The van der Waals surface area contributed by atoms with Crippen LogP contribution in [0.5, 0.6) is 11.5 Å². The first-order chi connectivity index (χ1) is 18.8. The molecule has 4 rings (SSSR count). The van der Waals surface area contributed by atoms with Gasteiger partial charge >= 0.3 is 5.91 Å². The van der Waals surface area contributed by atoms with E-state index in [1.807, 2.05) is 6.92 Å². The number of benzene rings is 1. The van der Waals surface area contributed by atoms with Gasteiger partial charge in [0.15, 0.2) is 22.4 Å². The third-order valence-electron chi connectivity index (χ3n) is 6.30. The van der Waals surface area contributed by atoms with Crippen LogP contribution in [0.15, 0.2) is 48.3 Å². The van der Waals surface area contributed by atoms with Crippen LogP contribution in [0.3, 0.4) is 0 Å². The van der Waals surface area contributed by atoms with Gasteiger partial charge in [0.25, 0.3) is 5.78 Å². The maximum Gasteiger partial charge on any atom is 0.301 e. The summed E-state index contributed by atoms with van der Waals surface area (Å²) in [4.78, 5) is 49.1. The van der Waals surface area contributed by atoms with Crippen molar-refractivity contribution in [2.24, 2.45) is 0 Å². The summed E-state index contributed by atoms with van der Waals surface area (Å²) < 4.78 is 11.8. The topological polar surface area (TPSA) is 119 Å². The second-order valence-electron chi connectivity index (χ2n) is 9.07. The molecule has 0 saturated carbocycles. The molecule has 1 aromatic carbocycles. The molecule has 1 unspecified atom stereocenters. The van der Waals surface area contributed by atoms with Crippen LogP contribution >= 0.6 is 11.3 Å². The molecule has 1 amide bonds. The Morgan fingerprint density at radius 3 is 2.46 bits per heavy atom. The van der Waals surface area contributed by atoms with Gasteiger partial charge in [-0.1, -0.05) is 37.2 Å². The number of ketones is 2. The number of nitrogens with zero attached hydrogens (tertiary/aromatic N) is 3. The van der Waals surface area contributed by atoms with Crippen LogP contribution in [0.25, 0.3) is 5.76 Å². The largest absolute Gasteiger partial charge is 0.507 e. The second kappa shape index (κ2) is 12.2. The molecular formula is C29H31N3O6S. The Hall–Kier alpha value is -4.05. The van der Waals surface area contributed by atoms with Gasteiger partial charge in [-0.25, -0.2) is 4.98 Å². The van der Waals surface area contributed by atoms with Crippen molar-refractivity contribution in [1.82, 2.24) is 9.97 Å². The van der Waals surface area contributed by atoms with Crippen molar-refractivity contribution >= 4 is 39.7 Å². The highest BCUT2D eigenvalue weighted by atomic mass is 32.1. The molecule has 1 N–H and O–H groups in total. The number of hydrogen-bond donors (Lipinski definition) is 1. The van der Waals surface area contributed by atoms with E-state index in [-0.39, 0.29) is 22.2 Å². The van der Waals surface area contributed by atoms with Crippen molar-refractivity contribution in [3.05, 3.63) is 70.0 Å². The molecule has 1 fully saturated rings. The number of hydrogen-bond acceptors (Lipinski definition) is 9. The van der Waals surface area contributed by atoms with Gasteiger partial charge in [0, 0.05) is 24.9 Å². The standard InChI is InChI=1S/C29H31N3O6S/c1-5-7-8-15-38-21-10-9-20(16-22(21)37-6-2)24-23(25(34)19-11-13-30-14-12-19)26(35)28(36)32(24)29-31-17(3)27(39-29)18(4)33/h9-14,16,24,34H,5-8,15H2,1-4H3. The quantitative estimate of drug-likeness (QED) is 0.107. The molecule has 1 atom stereocenters. The van der Waals surface area contributed by atoms with E-state index >= 15 is 0 Å². The van der Waals surface area contributed by atoms with Crippen molar-refractivity contribution in [3.63, 3.8) is 0 Å². The Morgan fingerprint density at radius 1 is 1.08 bits per heavy atom. The highest BCUT2D eigenvalue weighted by Crippen LogP contribution is 2.45. The van der Waals surface area contributed by atoms with Gasteiger partial charge in [0.2, 0.25) is 0 Å². The number of aromatic nitrogens is 2. The van der Waals surface area contributed by atoms with Gasteiger partial charge in [0.1, 0.15) is 5.76 Å². The Labute approximate surface area is 231 Å². The highest BCUT2D eigenvalue weighted by Gasteiger charge is 2.48. The molecule has 1 aliphatic rings. The number of aryl methyl sites for hydroxylation is 1. The second-order valence-corrected chi connectivity index (χ2v) is 10.0. The van der Waals surface area contributed by atoms with Gasteiger partial charge in [-0.05, 0) is 50.1 Å². The number of thiazole rings is 1. The predicted octanol–water partition coefficient (Wildman–Crippen LogP) is 5.64. The Bertz CT molecular complexity index is 1420. The van der Waals surface area contributed by atoms with Crippen molar-refractivity contribution in [2.75, 3.05) is 18.1 Å². The third kappa shape index (κ3) is 5.70. The van der Waals surface area contributed by atoms with Crippen LogP contribution in [0, 0.1) is 6.92 Å². The predicted molar refractivity (Wildman–Crippen MR) is 149 cm³/mol. The number of rotatable bonds is 11. The van der Waals surface area contributed by atoms with Crippen LogP contribution in [-0.2, 0) is 9.59 Å². The van der Waals surface area contributed by atoms with Crippen LogP contribution in [0.1, 0.15) is 72.6 Å². The summed E-state index contributed by atoms with van der Waals surface area (Å²) in [6, 6.07) is 7.30. The lowest BCUT2D eigenvalue weighted by Gasteiger charge is -2.24. The van der Waals surface area contributed by atoms with E-state index in [1.54, 1.807) is 37.3 Å². The number of amides is 1. The SMILES string of the molecule is CCCCCOc1ccc(C2C(=C(O)c3ccncc3)C(=O)C(=O)N2c2nc(C)c(C(C)=O)s2)cc1OCC. The maximum absolute atomic E-state index is 13.5. The zero-order valence-electron chi connectivity index (χ0n) is 22.4. The van der Waals surface area contributed by atoms with Crippen LogP contribution in [0.4, 0.5) is 5.13 Å². The fourth-order valence-corrected chi connectivity index (χ4v) is 5.43. The average molecular weight is 550 g/mol. The molecule has 0 radical (unpaired) electrons. The molecule has 3 heterocycles. The van der Waals surface area contributed by atoms with E-state index in [0.717, 1.165) is 30.6 Å². The molecule has 1 aliphatic heterocycles. The fourth-order valence-electron chi connectivity index (χ4n) is 4.44. The molecule has 9 nitrogen and oxygen atoms in total. The minimum atomic E-state index is -1.02. The highest BCUT2D eigenvalue weighted by molar-refractivity contribution is 7.18. The van der Waals surface area contributed by atoms with E-state index in [1.165, 1.54) is 24.2 Å². The molecule has 39 heavy (non-hydrogen) atoms. The van der Waals surface area contributed by atoms with Crippen LogP contribution in [-0.4, -0.2) is 45.8 Å². The van der Waals surface area contributed by atoms with Crippen molar-refractivity contribution in [2.45, 2.75) is 53.0 Å². The molecule has 2 aromatic heterocycles. The molecule has 0 bridgehead atoms. The van der Waals surface area contributed by atoms with Crippen molar-refractivity contribution < 1.29 is 29.0 Å². The lowest BCUT2D eigenvalue weighted by Crippen LogP contribution is -2.29. The third-order valence-corrected chi connectivity index (χ3v) is 7.56. The number of unbranched alkanes of at least 4 members (excludes halogenated alkanes) is 2. The van der Waals surface area contributed by atoms with Crippen LogP contribution in [0.2, 0.25) is 0 Å². The normalized spacial score (nSPS) is 16.5. The molecule has 10 heteroatoms. The smallest absolute Gasteiger partial charge is 0.301 e. The Balaban J connectivity index is 1.87. The van der Waals surface area contributed by atoms with Gasteiger partial charge in [-0.15, -0.1) is 0 Å². The summed E-state index contributed by atoms with van der Waals surface area (Å²) >= 11 is 1.03. The number of Topliss-reactive ketones (excluding diaryl/α,β-unsaturated/α-hetero) is 2. The van der Waals surface area contributed by atoms with Crippen LogP contribution < -0.4 is 14.4 Å². The van der Waals surface area contributed by atoms with E-state index in [0.29, 0.717) is 46.4 Å². The summed E-state index contributed by atoms with van der Waals surface area (Å²) in [5.74, 6) is -1.22. The van der Waals surface area contributed by atoms with E-state index in [2.05, 4.69) is 16.9 Å². The minimum absolute atomic E-state index is 0.0949. The van der Waals surface area contributed by atoms with Gasteiger partial charge < -0.3 is 14.6 Å². The minimum Gasteiger partial charge on any atom is -0.507 e. The summed E-state index contributed by atoms with van der Waals surface area (Å²) in [5, 5.41) is 11.5. The van der Waals surface area contributed by atoms with E-state index < -0.39 is 17.7 Å². The fraction of sp³-hybridized carbons (Fsp3) is 0.345. The number of anilines is 1. The van der Waals surface area contributed by atoms with Crippen molar-refractivity contribution in [1.29, 1.82) is 0 Å². The van der Waals surface area contributed by atoms with Gasteiger partial charge in [-0.3, -0.25) is 24.3 Å². The van der Waals surface area contributed by atoms with Crippen molar-refractivity contribution in [3.8, 4) is 11.5 Å². The first-order valence-corrected chi connectivity index (χ1v) is 13.7. The summed E-state index contributed by atoms with van der Waals surface area (Å²) in [6.07, 6.45) is 5.99. The first kappa shape index (κ1) is 28.0. The summed E-state index contributed by atoms with van der Waals surface area (Å²) in [6.45, 7) is 7.97. The van der Waals surface area contributed by atoms with E-state index in [4.69, 9.17) is 9.47 Å². The monoisotopic (exact) mass is 549 g/mol. The summed E-state index contributed by atoms with van der Waals surface area (Å²) in [5.41, 5.74) is 1.23. The number of carbonyl (C=O) groups is 3. The molecule has 204 valence electrons. The molecule has 0 spiro atoms. The number of aliphatic hydroxyl groups excluding tert-OH is 1. The zero-order chi connectivity index (χ0) is 28.1. The molecular weight excluding hydrogens is 518 g/mol. The molecule has 3 aromatic rings. The number of aliphatic hydroxyl groups is 1. The summed E-state index contributed by atoms with van der Waals surface area (Å²) in [7, 11) is 0. The lowest BCUT2D eigenvalue weighted by molar-refractivity contribution is -0.132. The van der Waals surface area contributed by atoms with Gasteiger partial charge in [-0.2, -0.15) is 0 Å². The number of carbonyl (C=O) groups excluding carboxylic acids is 3. The zero-order valence-corrected chi connectivity index (χ0v) is 23.2. The Kier molecular flexibility index (Phi) is 8.75. The maximum atomic E-state index is 13.5. The first-order valence-electron chi connectivity index (χ1n) is 12.9. The average Bonchev–Trinajstić information content (AvgIpc) is 3.44. The number of ether oxygens (including phenoxy) is 2. The van der Waals surface area contributed by atoms with Gasteiger partial charge in [0.05, 0.1) is 35.4 Å². The van der Waals surface area contributed by atoms with E-state index in [9.17, 15) is 19.5 Å².